The Bertz CT molecular complexity index is 691. The van der Waals surface area contributed by atoms with Gasteiger partial charge in [-0.05, 0) is 26.0 Å². The van der Waals surface area contributed by atoms with Crippen LogP contribution in [0, 0.1) is 11.8 Å². The van der Waals surface area contributed by atoms with E-state index >= 15 is 0 Å². The number of fused-ring (bicyclic) bond motifs is 5. The quantitative estimate of drug-likeness (QED) is 0.618. The van der Waals surface area contributed by atoms with Crippen molar-refractivity contribution < 1.29 is 19.1 Å². The Morgan fingerprint density at radius 2 is 1.59 bits per heavy atom. The Kier molecular flexibility index (Phi) is 2.45. The molecule has 114 valence electrons. The molecule has 0 radical (unpaired) electrons. The molecule has 2 fully saturated rings. The molecule has 4 rings (SSSR count). The second-order valence-electron chi connectivity index (χ2n) is 6.44. The lowest BCUT2D eigenvalue weighted by Crippen LogP contribution is -2.39. The maximum absolute atomic E-state index is 12.9. The van der Waals surface area contributed by atoms with Gasteiger partial charge in [-0.1, -0.05) is 24.3 Å². The van der Waals surface area contributed by atoms with E-state index in [1.807, 2.05) is 32.1 Å². The smallest absolute Gasteiger partial charge is 0.241 e. The van der Waals surface area contributed by atoms with Crippen LogP contribution >= 0.6 is 0 Å². The van der Waals surface area contributed by atoms with Crippen molar-refractivity contribution in [2.24, 2.45) is 11.8 Å². The van der Waals surface area contributed by atoms with Crippen molar-refractivity contribution in [1.82, 2.24) is 0 Å². The third-order valence-electron chi connectivity index (χ3n) is 5.05. The van der Waals surface area contributed by atoms with Gasteiger partial charge >= 0.3 is 0 Å². The van der Waals surface area contributed by atoms with E-state index in [-0.39, 0.29) is 11.8 Å². The van der Waals surface area contributed by atoms with E-state index in [0.29, 0.717) is 11.4 Å². The number of benzene rings is 1. The Balaban J connectivity index is 1.83. The molecule has 0 N–H and O–H groups in total. The van der Waals surface area contributed by atoms with Crippen LogP contribution in [0.2, 0.25) is 0 Å². The molecule has 2 amide bonds. The highest BCUT2D eigenvalue weighted by Crippen LogP contribution is 2.57. The summed E-state index contributed by atoms with van der Waals surface area (Å²) < 4.78 is 11.3. The second kappa shape index (κ2) is 3.98. The molecule has 3 aliphatic heterocycles. The molecule has 5 nitrogen and oxygen atoms in total. The molecule has 5 heteroatoms. The highest BCUT2D eigenvalue weighted by molar-refractivity contribution is 6.24. The predicted molar refractivity (Wildman–Crippen MR) is 79.5 cm³/mol. The maximum atomic E-state index is 12.9. The lowest BCUT2D eigenvalue weighted by Gasteiger charge is -2.26. The first-order valence-electron chi connectivity index (χ1n) is 7.33. The molecule has 0 aliphatic carbocycles. The van der Waals surface area contributed by atoms with Crippen LogP contribution in [0.4, 0.5) is 5.69 Å². The van der Waals surface area contributed by atoms with Crippen LogP contribution in [-0.2, 0) is 14.3 Å². The lowest BCUT2D eigenvalue weighted by molar-refractivity contribution is -0.128. The van der Waals surface area contributed by atoms with E-state index in [4.69, 9.17) is 9.47 Å². The van der Waals surface area contributed by atoms with Crippen molar-refractivity contribution in [3.05, 3.63) is 36.4 Å². The number of carbonyl (C=O) groups excluding carboxylic acids is 2. The zero-order valence-electron chi connectivity index (χ0n) is 12.7. The largest absolute Gasteiger partial charge is 0.495 e. The van der Waals surface area contributed by atoms with Gasteiger partial charge in [-0.3, -0.25) is 9.59 Å². The van der Waals surface area contributed by atoms with Gasteiger partial charge < -0.3 is 9.47 Å². The van der Waals surface area contributed by atoms with Crippen molar-refractivity contribution >= 4 is 17.5 Å². The van der Waals surface area contributed by atoms with Gasteiger partial charge in [-0.25, -0.2) is 4.90 Å². The van der Waals surface area contributed by atoms with Crippen LogP contribution in [0.3, 0.4) is 0 Å². The molecule has 0 saturated carbocycles. The number of hydrogen-bond acceptors (Lipinski definition) is 4. The molecule has 0 spiro atoms. The number of para-hydroxylation sites is 2. The lowest BCUT2D eigenvalue weighted by atomic mass is 9.73. The molecule has 3 heterocycles. The highest BCUT2D eigenvalue weighted by atomic mass is 16.5. The molecular formula is C17H17NO4. The minimum atomic E-state index is -0.705. The normalized spacial score (nSPS) is 38.8. The van der Waals surface area contributed by atoms with Gasteiger partial charge in [0.1, 0.15) is 5.75 Å². The summed E-state index contributed by atoms with van der Waals surface area (Å²) in [6.07, 6.45) is 3.82. The topological polar surface area (TPSA) is 55.8 Å². The monoisotopic (exact) mass is 299 g/mol. The summed E-state index contributed by atoms with van der Waals surface area (Å²) in [5.41, 5.74) is -0.910. The highest BCUT2D eigenvalue weighted by Gasteiger charge is 2.70. The van der Waals surface area contributed by atoms with Gasteiger partial charge in [-0.15, -0.1) is 0 Å². The number of nitrogens with zero attached hydrogens (tertiary/aromatic N) is 1. The molecule has 22 heavy (non-hydrogen) atoms. The molecule has 1 aromatic rings. The number of methoxy groups -OCH3 is 1. The maximum Gasteiger partial charge on any atom is 0.241 e. The fraction of sp³-hybridized carbons (Fsp3) is 0.412. The fourth-order valence-electron chi connectivity index (χ4n) is 4.08. The minimum Gasteiger partial charge on any atom is -0.495 e. The van der Waals surface area contributed by atoms with Crippen LogP contribution in [0.25, 0.3) is 0 Å². The fourth-order valence-corrected chi connectivity index (χ4v) is 4.08. The molecule has 4 atom stereocenters. The predicted octanol–water partition coefficient (Wildman–Crippen LogP) is 1.92. The standard InChI is InChI=1S/C17H17NO4/c1-16-8-9-17(2,22-16)13-12(16)14(19)18(15(13)20)10-6-4-5-7-11(10)21-3/h4-9,12-13H,1-3H3/t12-,13-,16-,17-/m1/s1. The van der Waals surface area contributed by atoms with Gasteiger partial charge in [0.25, 0.3) is 0 Å². The Morgan fingerprint density at radius 3 is 2.14 bits per heavy atom. The van der Waals surface area contributed by atoms with Crippen LogP contribution in [0.1, 0.15) is 13.8 Å². The first kappa shape index (κ1) is 13.5. The summed E-state index contributed by atoms with van der Waals surface area (Å²) in [6, 6.07) is 7.08. The zero-order valence-corrected chi connectivity index (χ0v) is 12.7. The van der Waals surface area contributed by atoms with E-state index in [1.54, 1.807) is 18.2 Å². The second-order valence-corrected chi connectivity index (χ2v) is 6.44. The average molecular weight is 299 g/mol. The third-order valence-corrected chi connectivity index (χ3v) is 5.05. The summed E-state index contributed by atoms with van der Waals surface area (Å²) in [6.45, 7) is 3.74. The summed E-state index contributed by atoms with van der Waals surface area (Å²) >= 11 is 0. The first-order valence-corrected chi connectivity index (χ1v) is 7.33. The number of rotatable bonds is 2. The molecule has 2 bridgehead atoms. The van der Waals surface area contributed by atoms with Crippen LogP contribution in [0.5, 0.6) is 5.75 Å². The molecular weight excluding hydrogens is 282 g/mol. The van der Waals surface area contributed by atoms with Gasteiger partial charge in [0.05, 0.1) is 35.8 Å². The minimum absolute atomic E-state index is 0.213. The van der Waals surface area contributed by atoms with Crippen LogP contribution in [-0.4, -0.2) is 30.1 Å². The number of anilines is 1. The summed E-state index contributed by atoms with van der Waals surface area (Å²) in [5.74, 6) is -0.856. The molecule has 3 aliphatic rings. The van der Waals surface area contributed by atoms with Crippen molar-refractivity contribution in [3.63, 3.8) is 0 Å². The van der Waals surface area contributed by atoms with E-state index in [0.717, 1.165) is 0 Å². The molecule has 0 unspecified atom stereocenters. The van der Waals surface area contributed by atoms with Gasteiger partial charge in [0.15, 0.2) is 0 Å². The zero-order chi connectivity index (χ0) is 15.7. The summed E-state index contributed by atoms with van der Waals surface area (Å²) in [5, 5.41) is 0. The Morgan fingerprint density at radius 1 is 1.05 bits per heavy atom. The SMILES string of the molecule is COc1ccccc1N1C(=O)[C@H]2[C@H](C1=O)[C@@]1(C)C=C[C@@]2(C)O1. The number of imide groups is 1. The molecule has 0 aromatic heterocycles. The summed E-state index contributed by atoms with van der Waals surface area (Å²) in [7, 11) is 1.53. The van der Waals surface area contributed by atoms with E-state index in [2.05, 4.69) is 0 Å². The number of ether oxygens (including phenoxy) is 2. The Hall–Kier alpha value is -2.14. The molecule has 1 aromatic carbocycles. The van der Waals surface area contributed by atoms with E-state index < -0.39 is 23.0 Å². The average Bonchev–Trinajstić information content (AvgIpc) is 3.04. The third kappa shape index (κ3) is 1.42. The Labute approximate surface area is 128 Å². The number of amides is 2. The first-order chi connectivity index (χ1) is 10.4. The number of hydrogen-bond donors (Lipinski definition) is 0. The van der Waals surface area contributed by atoms with Crippen LogP contribution in [0.15, 0.2) is 36.4 Å². The van der Waals surface area contributed by atoms with Crippen LogP contribution < -0.4 is 9.64 Å². The van der Waals surface area contributed by atoms with Gasteiger partial charge in [0.2, 0.25) is 11.8 Å². The van der Waals surface area contributed by atoms with Crippen molar-refractivity contribution in [3.8, 4) is 5.75 Å². The van der Waals surface area contributed by atoms with Crippen molar-refractivity contribution in [2.75, 3.05) is 12.0 Å². The van der Waals surface area contributed by atoms with Gasteiger partial charge in [-0.2, -0.15) is 0 Å². The molecule has 2 saturated heterocycles. The van der Waals surface area contributed by atoms with Crippen molar-refractivity contribution in [1.29, 1.82) is 0 Å². The number of carbonyl (C=O) groups is 2. The van der Waals surface area contributed by atoms with Crippen molar-refractivity contribution in [2.45, 2.75) is 25.0 Å². The van der Waals surface area contributed by atoms with E-state index in [1.165, 1.54) is 12.0 Å². The van der Waals surface area contributed by atoms with E-state index in [9.17, 15) is 9.59 Å². The summed E-state index contributed by atoms with van der Waals surface area (Å²) in [4.78, 5) is 27.1. The van der Waals surface area contributed by atoms with Gasteiger partial charge in [0, 0.05) is 0 Å².